The van der Waals surface area contributed by atoms with Crippen molar-refractivity contribution in [1.82, 2.24) is 0 Å². The van der Waals surface area contributed by atoms with Crippen LogP contribution in [0, 0.1) is 13.8 Å². The Morgan fingerprint density at radius 2 is 1.92 bits per heavy atom. The summed E-state index contributed by atoms with van der Waals surface area (Å²) in [6.07, 6.45) is 0. The summed E-state index contributed by atoms with van der Waals surface area (Å²) >= 11 is 5.96. The van der Waals surface area contributed by atoms with Crippen molar-refractivity contribution in [1.29, 1.82) is 0 Å². The normalized spacial score (nSPS) is 10.0. The lowest BCUT2D eigenvalue weighted by molar-refractivity contribution is 1.19. The van der Waals surface area contributed by atoms with E-state index in [1.165, 1.54) is 11.3 Å². The quantitative estimate of drug-likeness (QED) is 0.741. The third-order valence-corrected chi connectivity index (χ3v) is 2.28. The van der Waals surface area contributed by atoms with E-state index in [1.54, 1.807) is 0 Å². The van der Waals surface area contributed by atoms with Crippen LogP contribution in [0.15, 0.2) is 12.1 Å². The molecular formula is C10H14ClN. The van der Waals surface area contributed by atoms with E-state index in [2.05, 4.69) is 25.2 Å². The van der Waals surface area contributed by atoms with Gasteiger partial charge in [-0.25, -0.2) is 0 Å². The molecule has 0 heterocycles. The molecule has 0 aliphatic carbocycles. The van der Waals surface area contributed by atoms with Gasteiger partial charge in [0, 0.05) is 17.3 Å². The maximum Gasteiger partial charge on any atom is 0.0439 e. The first kappa shape index (κ1) is 9.40. The lowest BCUT2D eigenvalue weighted by Crippen LogP contribution is -1.99. The van der Waals surface area contributed by atoms with E-state index in [0.29, 0.717) is 0 Å². The third-order valence-electron chi connectivity index (χ3n) is 1.87. The number of hydrogen-bond acceptors (Lipinski definition) is 1. The van der Waals surface area contributed by atoms with Gasteiger partial charge in [-0.3, -0.25) is 0 Å². The second kappa shape index (κ2) is 3.81. The van der Waals surface area contributed by atoms with Gasteiger partial charge >= 0.3 is 0 Å². The van der Waals surface area contributed by atoms with Crippen LogP contribution in [0.3, 0.4) is 0 Å². The minimum absolute atomic E-state index is 0.842. The number of nitrogens with one attached hydrogen (secondary N) is 1. The number of anilines is 1. The van der Waals surface area contributed by atoms with Gasteiger partial charge in [-0.1, -0.05) is 11.6 Å². The van der Waals surface area contributed by atoms with Crippen molar-refractivity contribution in [2.24, 2.45) is 0 Å². The molecule has 0 radical (unpaired) electrons. The van der Waals surface area contributed by atoms with Crippen LogP contribution in [-0.4, -0.2) is 6.54 Å². The molecular weight excluding hydrogens is 170 g/mol. The van der Waals surface area contributed by atoms with Crippen molar-refractivity contribution < 1.29 is 0 Å². The highest BCUT2D eigenvalue weighted by Crippen LogP contribution is 2.23. The lowest BCUT2D eigenvalue weighted by Gasteiger charge is -2.09. The van der Waals surface area contributed by atoms with Crippen LogP contribution in [0.25, 0.3) is 0 Å². The Morgan fingerprint density at radius 1 is 1.25 bits per heavy atom. The molecule has 0 aliphatic rings. The van der Waals surface area contributed by atoms with Gasteiger partial charge < -0.3 is 5.32 Å². The second-order valence-electron chi connectivity index (χ2n) is 2.95. The predicted octanol–water partition coefficient (Wildman–Crippen LogP) is 3.39. The van der Waals surface area contributed by atoms with Crippen LogP contribution in [0.2, 0.25) is 5.02 Å². The molecule has 1 rings (SSSR count). The van der Waals surface area contributed by atoms with E-state index >= 15 is 0 Å². The lowest BCUT2D eigenvalue weighted by atomic mass is 10.1. The molecule has 1 aromatic carbocycles. The molecule has 0 saturated carbocycles. The highest BCUT2D eigenvalue weighted by Gasteiger charge is 2.00. The SMILES string of the molecule is CCNc1cc(C)c(Cl)cc1C. The Hall–Kier alpha value is -0.690. The Labute approximate surface area is 78.7 Å². The van der Waals surface area contributed by atoms with Crippen LogP contribution >= 0.6 is 11.6 Å². The van der Waals surface area contributed by atoms with Crippen molar-refractivity contribution in [3.63, 3.8) is 0 Å². The first-order valence-corrected chi connectivity index (χ1v) is 4.53. The highest BCUT2D eigenvalue weighted by atomic mass is 35.5. The van der Waals surface area contributed by atoms with Gasteiger partial charge in [-0.2, -0.15) is 0 Å². The molecule has 0 saturated heterocycles. The molecule has 0 unspecified atom stereocenters. The Kier molecular flexibility index (Phi) is 2.99. The largest absolute Gasteiger partial charge is 0.385 e. The zero-order valence-corrected chi connectivity index (χ0v) is 8.50. The molecule has 0 bridgehead atoms. The average Bonchev–Trinajstić information content (AvgIpc) is 2.01. The molecule has 2 heteroatoms. The zero-order chi connectivity index (χ0) is 9.14. The minimum Gasteiger partial charge on any atom is -0.385 e. The van der Waals surface area contributed by atoms with E-state index in [0.717, 1.165) is 17.1 Å². The number of hydrogen-bond donors (Lipinski definition) is 1. The highest BCUT2D eigenvalue weighted by molar-refractivity contribution is 6.31. The van der Waals surface area contributed by atoms with Crippen LogP contribution in [-0.2, 0) is 0 Å². The third kappa shape index (κ3) is 1.92. The van der Waals surface area contributed by atoms with Gasteiger partial charge in [0.05, 0.1) is 0 Å². The molecule has 0 atom stereocenters. The molecule has 0 aliphatic heterocycles. The maximum atomic E-state index is 5.96. The standard InChI is InChI=1S/C10H14ClN/c1-4-12-10-6-7(2)9(11)5-8(10)3/h5-6,12H,4H2,1-3H3. The molecule has 0 amide bonds. The van der Waals surface area contributed by atoms with Crippen LogP contribution in [0.4, 0.5) is 5.69 Å². The molecule has 12 heavy (non-hydrogen) atoms. The summed E-state index contributed by atoms with van der Waals surface area (Å²) in [4.78, 5) is 0. The average molecular weight is 184 g/mol. The molecule has 0 spiro atoms. The molecule has 0 fully saturated rings. The summed E-state index contributed by atoms with van der Waals surface area (Å²) in [6, 6.07) is 4.08. The molecule has 0 aromatic heterocycles. The van der Waals surface area contributed by atoms with E-state index in [9.17, 15) is 0 Å². The smallest absolute Gasteiger partial charge is 0.0439 e. The first-order valence-electron chi connectivity index (χ1n) is 4.15. The zero-order valence-electron chi connectivity index (χ0n) is 7.74. The molecule has 66 valence electrons. The summed E-state index contributed by atoms with van der Waals surface area (Å²) in [5, 5.41) is 4.13. The van der Waals surface area contributed by atoms with Crippen molar-refractivity contribution in [3.05, 3.63) is 28.3 Å². The van der Waals surface area contributed by atoms with Crippen LogP contribution < -0.4 is 5.32 Å². The van der Waals surface area contributed by atoms with Gasteiger partial charge in [0.2, 0.25) is 0 Å². The van der Waals surface area contributed by atoms with Gasteiger partial charge in [0.25, 0.3) is 0 Å². The Balaban J connectivity index is 3.05. The number of benzene rings is 1. The molecule has 1 nitrogen and oxygen atoms in total. The van der Waals surface area contributed by atoms with E-state index in [4.69, 9.17) is 11.6 Å². The predicted molar refractivity (Wildman–Crippen MR) is 55.1 cm³/mol. The summed E-state index contributed by atoms with van der Waals surface area (Å²) < 4.78 is 0. The second-order valence-corrected chi connectivity index (χ2v) is 3.35. The van der Waals surface area contributed by atoms with Crippen molar-refractivity contribution in [3.8, 4) is 0 Å². The van der Waals surface area contributed by atoms with Gasteiger partial charge in [0.15, 0.2) is 0 Å². The monoisotopic (exact) mass is 183 g/mol. The summed E-state index contributed by atoms with van der Waals surface area (Å²) in [5.74, 6) is 0. The van der Waals surface area contributed by atoms with Gasteiger partial charge in [0.1, 0.15) is 0 Å². The fraction of sp³-hybridized carbons (Fsp3) is 0.400. The number of aryl methyl sites for hydroxylation is 2. The summed E-state index contributed by atoms with van der Waals surface area (Å²) in [7, 11) is 0. The van der Waals surface area contributed by atoms with E-state index in [-0.39, 0.29) is 0 Å². The van der Waals surface area contributed by atoms with Crippen LogP contribution in [0.5, 0.6) is 0 Å². The summed E-state index contributed by atoms with van der Waals surface area (Å²) in [5.41, 5.74) is 3.50. The molecule has 1 N–H and O–H groups in total. The first-order chi connectivity index (χ1) is 5.65. The number of rotatable bonds is 2. The van der Waals surface area contributed by atoms with E-state index in [1.807, 2.05) is 13.0 Å². The minimum atomic E-state index is 0.842. The van der Waals surface area contributed by atoms with Crippen molar-refractivity contribution in [2.75, 3.05) is 11.9 Å². The maximum absolute atomic E-state index is 5.96. The van der Waals surface area contributed by atoms with E-state index < -0.39 is 0 Å². The Bertz CT molecular complexity index is 281. The topological polar surface area (TPSA) is 12.0 Å². The fourth-order valence-corrected chi connectivity index (χ4v) is 1.38. The molecule has 1 aromatic rings. The van der Waals surface area contributed by atoms with Crippen molar-refractivity contribution in [2.45, 2.75) is 20.8 Å². The summed E-state index contributed by atoms with van der Waals surface area (Å²) in [6.45, 7) is 7.11. The fourth-order valence-electron chi connectivity index (χ4n) is 1.16. The van der Waals surface area contributed by atoms with Crippen molar-refractivity contribution >= 4 is 17.3 Å². The number of halogens is 1. The van der Waals surface area contributed by atoms with Gasteiger partial charge in [-0.15, -0.1) is 0 Å². The Morgan fingerprint density at radius 3 is 2.50 bits per heavy atom. The van der Waals surface area contributed by atoms with Crippen LogP contribution in [0.1, 0.15) is 18.1 Å². The van der Waals surface area contributed by atoms with Gasteiger partial charge in [-0.05, 0) is 44.0 Å².